The van der Waals surface area contributed by atoms with E-state index >= 15 is 0 Å². The summed E-state index contributed by atoms with van der Waals surface area (Å²) in [7, 11) is 0. The van der Waals surface area contributed by atoms with E-state index in [1.54, 1.807) is 12.1 Å². The van der Waals surface area contributed by atoms with Crippen LogP contribution in [0, 0.1) is 15.5 Å². The zero-order valence-corrected chi connectivity index (χ0v) is 11.8. The van der Waals surface area contributed by atoms with Crippen LogP contribution >= 0.6 is 11.6 Å². The lowest BCUT2D eigenvalue weighted by molar-refractivity contribution is -0.385. The normalized spacial score (nSPS) is 11.6. The Morgan fingerprint density at radius 2 is 2.11 bits per heavy atom. The Morgan fingerprint density at radius 3 is 2.67 bits per heavy atom. The van der Waals surface area contributed by atoms with Gasteiger partial charge in [-0.1, -0.05) is 32.4 Å². The van der Waals surface area contributed by atoms with Gasteiger partial charge >= 0.3 is 0 Å². The number of benzene rings is 1. The molecule has 4 nitrogen and oxygen atoms in total. The van der Waals surface area contributed by atoms with E-state index in [9.17, 15) is 10.1 Å². The molecular weight excluding hydrogens is 252 g/mol. The number of hydrogen-bond donors (Lipinski definition) is 1. The third-order valence-corrected chi connectivity index (χ3v) is 3.36. The Hall–Kier alpha value is -1.13. The number of nitro benzene ring substituents is 1. The van der Waals surface area contributed by atoms with Crippen LogP contribution in [0.5, 0.6) is 0 Å². The highest BCUT2D eigenvalue weighted by Gasteiger charge is 2.17. The molecule has 0 bridgehead atoms. The van der Waals surface area contributed by atoms with E-state index in [0.29, 0.717) is 17.1 Å². The molecule has 0 atom stereocenters. The summed E-state index contributed by atoms with van der Waals surface area (Å²) < 4.78 is 0. The summed E-state index contributed by atoms with van der Waals surface area (Å²) in [6.07, 6.45) is 1.06. The Balaban J connectivity index is 2.70. The van der Waals surface area contributed by atoms with Crippen molar-refractivity contribution in [1.29, 1.82) is 0 Å². The minimum absolute atomic E-state index is 0.0734. The van der Waals surface area contributed by atoms with Crippen molar-refractivity contribution < 1.29 is 4.92 Å². The summed E-state index contributed by atoms with van der Waals surface area (Å²) in [5.74, 6) is 0. The molecule has 0 aliphatic carbocycles. The van der Waals surface area contributed by atoms with E-state index in [2.05, 4.69) is 26.1 Å². The van der Waals surface area contributed by atoms with E-state index in [1.807, 2.05) is 0 Å². The van der Waals surface area contributed by atoms with Crippen LogP contribution in [0.15, 0.2) is 18.2 Å². The average molecular weight is 271 g/mol. The largest absolute Gasteiger partial charge is 0.312 e. The second kappa shape index (κ2) is 6.16. The van der Waals surface area contributed by atoms with Crippen molar-refractivity contribution in [3.05, 3.63) is 38.9 Å². The summed E-state index contributed by atoms with van der Waals surface area (Å²) in [5.41, 5.74) is 0.932. The molecule has 0 fully saturated rings. The van der Waals surface area contributed by atoms with Crippen molar-refractivity contribution in [1.82, 2.24) is 5.32 Å². The lowest BCUT2D eigenvalue weighted by Crippen LogP contribution is -2.28. The second-order valence-electron chi connectivity index (χ2n) is 5.15. The monoisotopic (exact) mass is 270 g/mol. The first kappa shape index (κ1) is 14.9. The maximum atomic E-state index is 10.9. The molecule has 5 heteroatoms. The number of nitrogens with zero attached hydrogens (tertiary/aromatic N) is 1. The number of rotatable bonds is 6. The standard InChI is InChI=1S/C13H19ClN2O2/c1-4-13(2,3)9-15-8-10-5-6-11(14)7-12(10)16(17)18/h5-7,15H,4,8-9H2,1-3H3. The van der Waals surface area contributed by atoms with Crippen molar-refractivity contribution in [2.75, 3.05) is 6.54 Å². The van der Waals surface area contributed by atoms with Gasteiger partial charge in [0.15, 0.2) is 0 Å². The highest BCUT2D eigenvalue weighted by Crippen LogP contribution is 2.24. The Morgan fingerprint density at radius 1 is 1.44 bits per heavy atom. The van der Waals surface area contributed by atoms with Gasteiger partial charge in [-0.2, -0.15) is 0 Å². The molecule has 0 aromatic heterocycles. The topological polar surface area (TPSA) is 55.2 Å². The molecule has 100 valence electrons. The molecule has 1 aromatic rings. The van der Waals surface area contributed by atoms with Crippen LogP contribution in [0.25, 0.3) is 0 Å². The van der Waals surface area contributed by atoms with Crippen molar-refractivity contribution >= 4 is 17.3 Å². The van der Waals surface area contributed by atoms with Crippen molar-refractivity contribution in [3.8, 4) is 0 Å². The molecule has 0 spiro atoms. The van der Waals surface area contributed by atoms with Gasteiger partial charge < -0.3 is 5.32 Å². The van der Waals surface area contributed by atoms with Crippen molar-refractivity contribution in [3.63, 3.8) is 0 Å². The minimum atomic E-state index is -0.395. The quantitative estimate of drug-likeness (QED) is 0.632. The number of hydrogen-bond acceptors (Lipinski definition) is 3. The fourth-order valence-electron chi connectivity index (χ4n) is 1.52. The first-order chi connectivity index (χ1) is 8.35. The van der Waals surface area contributed by atoms with Gasteiger partial charge in [0.05, 0.1) is 4.92 Å². The molecule has 0 saturated carbocycles. The van der Waals surface area contributed by atoms with Crippen LogP contribution in [0.1, 0.15) is 32.8 Å². The van der Waals surface area contributed by atoms with E-state index in [1.165, 1.54) is 6.07 Å². The molecule has 1 N–H and O–H groups in total. The number of nitrogens with one attached hydrogen (secondary N) is 1. The number of halogens is 1. The highest BCUT2D eigenvalue weighted by molar-refractivity contribution is 6.30. The Bertz CT molecular complexity index is 433. The van der Waals surface area contributed by atoms with Crippen molar-refractivity contribution in [2.45, 2.75) is 33.7 Å². The van der Waals surface area contributed by atoms with Gasteiger partial charge in [-0.15, -0.1) is 0 Å². The highest BCUT2D eigenvalue weighted by atomic mass is 35.5. The van der Waals surface area contributed by atoms with Gasteiger partial charge in [0.25, 0.3) is 5.69 Å². The molecule has 1 aromatic carbocycles. The summed E-state index contributed by atoms with van der Waals surface area (Å²) >= 11 is 5.77. The first-order valence-electron chi connectivity index (χ1n) is 5.99. The third kappa shape index (κ3) is 4.27. The summed E-state index contributed by atoms with van der Waals surface area (Å²) in [5, 5.41) is 14.6. The van der Waals surface area contributed by atoms with E-state index in [4.69, 9.17) is 11.6 Å². The second-order valence-corrected chi connectivity index (χ2v) is 5.59. The smallest absolute Gasteiger partial charge is 0.275 e. The van der Waals surface area contributed by atoms with E-state index in [0.717, 1.165) is 13.0 Å². The third-order valence-electron chi connectivity index (χ3n) is 3.12. The summed E-state index contributed by atoms with van der Waals surface area (Å²) in [4.78, 5) is 10.5. The van der Waals surface area contributed by atoms with Gasteiger partial charge in [0, 0.05) is 29.7 Å². The lowest BCUT2D eigenvalue weighted by Gasteiger charge is -2.22. The molecule has 0 aliphatic rings. The van der Waals surface area contributed by atoms with Crippen molar-refractivity contribution in [2.24, 2.45) is 5.41 Å². The van der Waals surface area contributed by atoms with Gasteiger partial charge in [-0.05, 0) is 24.0 Å². The fourth-order valence-corrected chi connectivity index (χ4v) is 1.68. The summed E-state index contributed by atoms with van der Waals surface area (Å²) in [6.45, 7) is 7.76. The van der Waals surface area contributed by atoms with E-state index < -0.39 is 4.92 Å². The van der Waals surface area contributed by atoms with Crippen LogP contribution < -0.4 is 5.32 Å². The Kier molecular flexibility index (Phi) is 5.11. The predicted octanol–water partition coefficient (Wildman–Crippen LogP) is 3.77. The molecule has 0 aliphatic heterocycles. The molecule has 18 heavy (non-hydrogen) atoms. The molecule has 0 saturated heterocycles. The van der Waals surface area contributed by atoms with Crippen LogP contribution in [-0.4, -0.2) is 11.5 Å². The zero-order valence-electron chi connectivity index (χ0n) is 11.0. The van der Waals surface area contributed by atoms with E-state index in [-0.39, 0.29) is 11.1 Å². The van der Waals surface area contributed by atoms with Crippen LogP contribution in [0.4, 0.5) is 5.69 Å². The first-order valence-corrected chi connectivity index (χ1v) is 6.37. The molecular formula is C13H19ClN2O2. The number of nitro groups is 1. The molecule has 0 heterocycles. The Labute approximate surface area is 112 Å². The molecule has 0 unspecified atom stereocenters. The fraction of sp³-hybridized carbons (Fsp3) is 0.538. The van der Waals surface area contributed by atoms with Gasteiger partial charge in [-0.25, -0.2) is 0 Å². The molecule has 0 radical (unpaired) electrons. The van der Waals surface area contributed by atoms with Gasteiger partial charge in [-0.3, -0.25) is 10.1 Å². The maximum Gasteiger partial charge on any atom is 0.275 e. The van der Waals surface area contributed by atoms with Crippen LogP contribution in [0.3, 0.4) is 0 Å². The zero-order chi connectivity index (χ0) is 13.8. The predicted molar refractivity (Wildman–Crippen MR) is 73.9 cm³/mol. The minimum Gasteiger partial charge on any atom is -0.312 e. The van der Waals surface area contributed by atoms with Crippen LogP contribution in [0.2, 0.25) is 5.02 Å². The van der Waals surface area contributed by atoms with Gasteiger partial charge in [0.1, 0.15) is 0 Å². The average Bonchev–Trinajstić information content (AvgIpc) is 2.30. The van der Waals surface area contributed by atoms with Gasteiger partial charge in [0.2, 0.25) is 0 Å². The van der Waals surface area contributed by atoms with Crippen LogP contribution in [-0.2, 0) is 6.54 Å². The maximum absolute atomic E-state index is 10.9. The molecule has 1 rings (SSSR count). The summed E-state index contributed by atoms with van der Waals surface area (Å²) in [6, 6.07) is 4.77. The SMILES string of the molecule is CCC(C)(C)CNCc1ccc(Cl)cc1[N+](=O)[O-]. The molecule has 0 amide bonds. The lowest BCUT2D eigenvalue weighted by atomic mass is 9.90.